The molecule has 174 valence electrons. The molecule has 0 aliphatic carbocycles. The van der Waals surface area contributed by atoms with E-state index >= 15 is 0 Å². The van der Waals surface area contributed by atoms with Crippen LogP contribution < -0.4 is 0 Å². The molecule has 2 fully saturated rings. The van der Waals surface area contributed by atoms with E-state index in [0.717, 1.165) is 55.9 Å². The van der Waals surface area contributed by atoms with Crippen LogP contribution in [-0.4, -0.2) is 84.9 Å². The largest absolute Gasteiger partial charge is 0.456 e. The molecule has 2 saturated heterocycles. The number of tetrazole rings is 1. The molecule has 11 nitrogen and oxygen atoms in total. The first-order valence-electron chi connectivity index (χ1n) is 11.4. The van der Waals surface area contributed by atoms with Gasteiger partial charge in [0.05, 0.1) is 22.4 Å². The van der Waals surface area contributed by atoms with Gasteiger partial charge in [0.25, 0.3) is 0 Å². The summed E-state index contributed by atoms with van der Waals surface area (Å²) in [6.07, 6.45) is 4.01. The second kappa shape index (κ2) is 8.29. The minimum Gasteiger partial charge on any atom is -0.456 e. The van der Waals surface area contributed by atoms with Gasteiger partial charge in [0.2, 0.25) is 5.91 Å². The Morgan fingerprint density at radius 3 is 2.52 bits per heavy atom. The van der Waals surface area contributed by atoms with E-state index in [2.05, 4.69) is 37.5 Å². The Kier molecular flexibility index (Phi) is 5.43. The van der Waals surface area contributed by atoms with Gasteiger partial charge in [0.15, 0.2) is 5.82 Å². The third-order valence-corrected chi connectivity index (χ3v) is 7.31. The summed E-state index contributed by atoms with van der Waals surface area (Å²) >= 11 is 0. The molecule has 2 aromatic rings. The molecule has 3 aliphatic rings. The molecule has 33 heavy (non-hydrogen) atoms. The molecule has 5 rings (SSSR count). The van der Waals surface area contributed by atoms with Gasteiger partial charge in [-0.2, -0.15) is 9.78 Å². The number of esters is 1. The van der Waals surface area contributed by atoms with Crippen LogP contribution >= 0.6 is 0 Å². The van der Waals surface area contributed by atoms with Crippen molar-refractivity contribution < 1.29 is 14.3 Å². The highest BCUT2D eigenvalue weighted by atomic mass is 16.5. The van der Waals surface area contributed by atoms with Gasteiger partial charge in [-0.15, -0.1) is 10.2 Å². The van der Waals surface area contributed by atoms with E-state index < -0.39 is 0 Å². The molecule has 3 aliphatic heterocycles. The number of piperidine rings is 1. The van der Waals surface area contributed by atoms with Gasteiger partial charge in [0.1, 0.15) is 12.9 Å². The Labute approximate surface area is 191 Å². The number of carbonyl (C=O) groups excluding carboxylic acids is 2. The standard InChI is InChI=1S/C22H28N8O3/c1-14-10-17(24-25-19(14)30-13-23-26-27-30)15(2)11-28-7-4-22(5-8-28)6-9-29(21(22)32)18-12-33-20(31)16(18)3/h10,13,15H,4-9,11-12H2,1-3H3/t15-/m1/s1. The summed E-state index contributed by atoms with van der Waals surface area (Å²) in [6.45, 7) is 9.35. The van der Waals surface area contributed by atoms with E-state index in [9.17, 15) is 9.59 Å². The summed E-state index contributed by atoms with van der Waals surface area (Å²) in [4.78, 5) is 29.2. The fourth-order valence-corrected chi connectivity index (χ4v) is 5.16. The summed E-state index contributed by atoms with van der Waals surface area (Å²) in [7, 11) is 0. The molecule has 5 heterocycles. The van der Waals surface area contributed by atoms with Gasteiger partial charge in [-0.1, -0.05) is 6.92 Å². The molecule has 0 radical (unpaired) electrons. The molecule has 0 N–H and O–H groups in total. The monoisotopic (exact) mass is 452 g/mol. The Morgan fingerprint density at radius 1 is 1.12 bits per heavy atom. The van der Waals surface area contributed by atoms with Crippen molar-refractivity contribution in [3.8, 4) is 5.82 Å². The van der Waals surface area contributed by atoms with Gasteiger partial charge < -0.3 is 14.5 Å². The number of rotatable bonds is 5. The highest BCUT2D eigenvalue weighted by Crippen LogP contribution is 2.44. The van der Waals surface area contributed by atoms with Gasteiger partial charge in [-0.25, -0.2) is 4.79 Å². The van der Waals surface area contributed by atoms with Crippen molar-refractivity contribution in [2.45, 2.75) is 46.0 Å². The SMILES string of the molecule is CC1=C(N2CCC3(CCN(C[C@@H](C)c4cc(C)c(-n5cnnn5)nn4)CC3)C2=O)COC1=O. The summed E-state index contributed by atoms with van der Waals surface area (Å²) in [5, 5.41) is 19.9. The first-order chi connectivity index (χ1) is 15.9. The van der Waals surface area contributed by atoms with Crippen LogP contribution in [0.3, 0.4) is 0 Å². The molecule has 1 amide bonds. The van der Waals surface area contributed by atoms with Crippen LogP contribution in [0, 0.1) is 12.3 Å². The second-order valence-corrected chi connectivity index (χ2v) is 9.37. The summed E-state index contributed by atoms with van der Waals surface area (Å²) in [6, 6.07) is 2.04. The number of amides is 1. The van der Waals surface area contributed by atoms with Gasteiger partial charge in [-0.05, 0) is 68.3 Å². The lowest BCUT2D eigenvalue weighted by molar-refractivity contribution is -0.138. The van der Waals surface area contributed by atoms with Gasteiger partial charge in [-0.3, -0.25) is 4.79 Å². The Balaban J connectivity index is 1.20. The summed E-state index contributed by atoms with van der Waals surface area (Å²) < 4.78 is 6.62. The molecule has 11 heteroatoms. The molecule has 1 atom stereocenters. The van der Waals surface area contributed by atoms with Crippen LogP contribution in [-0.2, 0) is 14.3 Å². The van der Waals surface area contributed by atoms with Crippen LogP contribution in [0.2, 0.25) is 0 Å². The van der Waals surface area contributed by atoms with Crippen molar-refractivity contribution in [1.29, 1.82) is 0 Å². The predicted molar refractivity (Wildman–Crippen MR) is 116 cm³/mol. The molecule has 0 unspecified atom stereocenters. The number of hydrogen-bond donors (Lipinski definition) is 0. The molecule has 0 aromatic carbocycles. The van der Waals surface area contributed by atoms with E-state index in [1.54, 1.807) is 11.8 Å². The van der Waals surface area contributed by atoms with E-state index in [4.69, 9.17) is 4.74 Å². The van der Waals surface area contributed by atoms with E-state index in [0.29, 0.717) is 17.9 Å². The lowest BCUT2D eigenvalue weighted by atomic mass is 9.77. The normalized spacial score (nSPS) is 21.8. The Hall–Kier alpha value is -3.21. The number of aryl methyl sites for hydroxylation is 1. The van der Waals surface area contributed by atoms with Crippen molar-refractivity contribution in [3.63, 3.8) is 0 Å². The first-order valence-corrected chi connectivity index (χ1v) is 11.4. The molecular formula is C22H28N8O3. The molecule has 0 bridgehead atoms. The number of ether oxygens (including phenoxy) is 1. The molecule has 1 spiro atoms. The first kappa shape index (κ1) is 21.6. The highest BCUT2D eigenvalue weighted by Gasteiger charge is 2.50. The van der Waals surface area contributed by atoms with Crippen LogP contribution in [0.25, 0.3) is 5.82 Å². The number of aromatic nitrogens is 6. The number of carbonyl (C=O) groups is 2. The van der Waals surface area contributed by atoms with E-state index in [1.807, 2.05) is 13.0 Å². The number of likely N-dealkylation sites (tertiary alicyclic amines) is 2. The minimum atomic E-state index is -0.317. The zero-order valence-electron chi connectivity index (χ0n) is 19.2. The molecular weight excluding hydrogens is 424 g/mol. The number of nitrogens with zero attached hydrogens (tertiary/aromatic N) is 8. The maximum absolute atomic E-state index is 13.3. The average Bonchev–Trinajstić information content (AvgIpc) is 3.53. The van der Waals surface area contributed by atoms with E-state index in [1.165, 1.54) is 11.0 Å². The smallest absolute Gasteiger partial charge is 0.336 e. The minimum absolute atomic E-state index is 0.155. The Morgan fingerprint density at radius 2 is 1.88 bits per heavy atom. The van der Waals surface area contributed by atoms with Crippen molar-refractivity contribution in [3.05, 3.63) is 34.9 Å². The maximum Gasteiger partial charge on any atom is 0.336 e. The summed E-state index contributed by atoms with van der Waals surface area (Å²) in [5.74, 6) is 0.674. The third kappa shape index (κ3) is 3.79. The summed E-state index contributed by atoms with van der Waals surface area (Å²) in [5.41, 5.74) is 2.89. The fourth-order valence-electron chi connectivity index (χ4n) is 5.16. The molecule has 2 aromatic heterocycles. The molecule has 0 saturated carbocycles. The second-order valence-electron chi connectivity index (χ2n) is 9.37. The number of hydrogen-bond acceptors (Lipinski definition) is 9. The predicted octanol–water partition coefficient (Wildman–Crippen LogP) is 1.01. The van der Waals surface area contributed by atoms with Crippen molar-refractivity contribution in [1.82, 2.24) is 40.2 Å². The third-order valence-electron chi connectivity index (χ3n) is 7.31. The van der Waals surface area contributed by atoms with E-state index in [-0.39, 0.29) is 29.8 Å². The van der Waals surface area contributed by atoms with Crippen LogP contribution in [0.5, 0.6) is 0 Å². The quantitative estimate of drug-likeness (QED) is 0.612. The lowest BCUT2D eigenvalue weighted by Gasteiger charge is -2.38. The lowest BCUT2D eigenvalue weighted by Crippen LogP contribution is -2.45. The van der Waals surface area contributed by atoms with Crippen molar-refractivity contribution in [2.24, 2.45) is 5.41 Å². The average molecular weight is 453 g/mol. The zero-order valence-corrected chi connectivity index (χ0v) is 19.2. The van der Waals surface area contributed by atoms with Crippen LogP contribution in [0.15, 0.2) is 23.7 Å². The fraction of sp³-hybridized carbons (Fsp3) is 0.591. The number of cyclic esters (lactones) is 1. The highest BCUT2D eigenvalue weighted by molar-refractivity contribution is 5.94. The van der Waals surface area contributed by atoms with Crippen molar-refractivity contribution >= 4 is 11.9 Å². The van der Waals surface area contributed by atoms with Crippen molar-refractivity contribution in [2.75, 3.05) is 32.8 Å². The Bertz CT molecular complexity index is 1100. The topological polar surface area (TPSA) is 119 Å². The maximum atomic E-state index is 13.3. The van der Waals surface area contributed by atoms with Crippen LogP contribution in [0.1, 0.15) is 50.3 Å². The van der Waals surface area contributed by atoms with Gasteiger partial charge >= 0.3 is 5.97 Å². The zero-order chi connectivity index (χ0) is 23.2. The van der Waals surface area contributed by atoms with Crippen LogP contribution in [0.4, 0.5) is 0 Å². The van der Waals surface area contributed by atoms with Gasteiger partial charge in [0, 0.05) is 19.0 Å².